The first-order valence-corrected chi connectivity index (χ1v) is 16.8. The van der Waals surface area contributed by atoms with Gasteiger partial charge in [0.25, 0.3) is 0 Å². The maximum Gasteiger partial charge on any atom is 0.397 e. The number of benzene rings is 1. The Kier molecular flexibility index (Phi) is 9.02. The van der Waals surface area contributed by atoms with Crippen LogP contribution in [-0.4, -0.2) is 55.3 Å². The molecule has 0 aliphatic carbocycles. The molecule has 0 unspecified atom stereocenters. The van der Waals surface area contributed by atoms with Crippen molar-refractivity contribution >= 4 is 70.0 Å². The fraction of sp³-hybridized carbons (Fsp3) is 0.478. The van der Waals surface area contributed by atoms with Crippen molar-refractivity contribution in [1.29, 1.82) is 0 Å². The van der Waals surface area contributed by atoms with Crippen molar-refractivity contribution in [2.75, 3.05) is 13.2 Å². The highest BCUT2D eigenvalue weighted by Crippen LogP contribution is 2.51. The minimum atomic E-state index is -1.31. The molecule has 2 aromatic rings. The van der Waals surface area contributed by atoms with Crippen molar-refractivity contribution in [2.24, 2.45) is 17.3 Å². The molecule has 0 spiro atoms. The molecule has 0 bridgehead atoms. The minimum Gasteiger partial charge on any atom is -0.454 e. The summed E-state index contributed by atoms with van der Waals surface area (Å²) in [5.74, 6) is -2.94. The number of nitrogens with zero attached hydrogens (tertiary/aromatic N) is 2. The Balaban J connectivity index is 1.85. The van der Waals surface area contributed by atoms with Gasteiger partial charge >= 0.3 is 11.9 Å². The Morgan fingerprint density at radius 3 is 2.65 bits per heavy atom. The molecule has 0 radical (unpaired) electrons. The molecule has 1 saturated heterocycles. The van der Waals surface area contributed by atoms with Gasteiger partial charge in [-0.2, -0.15) is 0 Å². The second-order valence-corrected chi connectivity index (χ2v) is 15.3. The number of β-lactam (4-membered cyclic amide) rings is 1. The average Bonchev–Trinajstić information content (AvgIpc) is 3.19. The monoisotopic (exact) mass is 538 g/mol. The van der Waals surface area contributed by atoms with E-state index < -0.39 is 32.2 Å². The van der Waals surface area contributed by atoms with Crippen LogP contribution in [0.25, 0.3) is 10.2 Å². The number of likely N-dealkylation sites (tertiary alicyclic amines) is 1. The lowest BCUT2D eigenvalue weighted by molar-refractivity contribution is -0.175. The average molecular weight is 539 g/mol. The van der Waals surface area contributed by atoms with Crippen LogP contribution in [-0.2, 0) is 23.5 Å². The Morgan fingerprint density at radius 2 is 2.03 bits per heavy atom. The number of imide groups is 1. The van der Waals surface area contributed by atoms with Crippen LogP contribution in [0.15, 0.2) is 41.3 Å². The van der Waals surface area contributed by atoms with Gasteiger partial charge in [-0.25, -0.2) is 9.78 Å². The van der Waals surface area contributed by atoms with Gasteiger partial charge in [-0.05, 0) is 41.4 Å². The Labute approximate surface area is 213 Å². The lowest BCUT2D eigenvalue weighted by atomic mass is 9.70. The van der Waals surface area contributed by atoms with Crippen molar-refractivity contribution in [3.05, 3.63) is 36.9 Å². The predicted octanol–water partition coefficient (Wildman–Crippen LogP) is 4.74. The van der Waals surface area contributed by atoms with Crippen molar-refractivity contribution in [3.63, 3.8) is 0 Å². The molecule has 3 rings (SSSR count). The van der Waals surface area contributed by atoms with E-state index in [9.17, 15) is 14.4 Å². The van der Waals surface area contributed by atoms with E-state index in [1.165, 1.54) is 27.7 Å². The highest BCUT2D eigenvalue weighted by Gasteiger charge is 2.58. The minimum absolute atomic E-state index is 0.0915. The Bertz CT molecular complexity index is 1040. The normalized spacial score (nSPS) is 19.2. The third kappa shape index (κ3) is 6.12. The lowest BCUT2D eigenvalue weighted by Crippen LogP contribution is -2.66. The summed E-state index contributed by atoms with van der Waals surface area (Å²) in [6.07, 6.45) is 1.38. The third-order valence-electron chi connectivity index (χ3n) is 5.46. The Morgan fingerprint density at radius 1 is 1.32 bits per heavy atom. The van der Waals surface area contributed by atoms with Crippen LogP contribution in [0.2, 0.25) is 13.1 Å². The number of hydrogen-bond acceptors (Lipinski definition) is 9. The maximum absolute atomic E-state index is 13.3. The van der Waals surface area contributed by atoms with Gasteiger partial charge in [0.15, 0.2) is 13.4 Å². The van der Waals surface area contributed by atoms with Crippen molar-refractivity contribution < 1.29 is 23.5 Å². The molecule has 1 fully saturated rings. The number of hydrogen-bond donors (Lipinski definition) is 0. The topological polar surface area (TPSA) is 85.8 Å². The van der Waals surface area contributed by atoms with Gasteiger partial charge in [-0.15, -0.1) is 11.3 Å². The van der Waals surface area contributed by atoms with Crippen LogP contribution in [0, 0.1) is 17.3 Å². The molecule has 11 heteroatoms. The second-order valence-electron chi connectivity index (χ2n) is 9.30. The number of carbonyl (C=O) groups excluding carboxylic acids is 3. The molecule has 1 aromatic carbocycles. The lowest BCUT2D eigenvalue weighted by Gasteiger charge is -2.50. The summed E-state index contributed by atoms with van der Waals surface area (Å²) in [4.78, 5) is 44.0. The highest BCUT2D eigenvalue weighted by atomic mass is 33.1. The SMILES string of the molecule is C=CCOC(=O)C(=O)N1C(=O)[C@H]([C@@H](CO[SiH](C)C)C(C)(C)C)[C@H]1SSc1nc2ccccc2s1. The molecule has 0 N–H and O–H groups in total. The molecule has 34 heavy (non-hydrogen) atoms. The van der Waals surface area contributed by atoms with Crippen LogP contribution in [0.1, 0.15) is 20.8 Å². The number of esters is 1. The first-order chi connectivity index (χ1) is 16.0. The summed E-state index contributed by atoms with van der Waals surface area (Å²) in [6.45, 7) is 14.2. The molecule has 1 aromatic heterocycles. The van der Waals surface area contributed by atoms with Gasteiger partial charge in [0.1, 0.15) is 12.0 Å². The maximum atomic E-state index is 13.3. The van der Waals surface area contributed by atoms with Gasteiger partial charge < -0.3 is 9.16 Å². The molecule has 2 amide bonds. The zero-order valence-corrected chi connectivity index (χ0v) is 23.6. The molecule has 3 atom stereocenters. The molecular weight excluding hydrogens is 509 g/mol. The standard InChI is InChI=1S/C23H30N2O5S3Si/c1-7-12-29-21(28)19(27)25-18(26)17(14(23(2,3)4)13-30-34(5)6)20(25)32-33-22-24-15-10-8-9-11-16(15)31-22/h7-11,14,17,20,34H,1,12-13H2,2-6H3/t14-,17+,20-/m1/s1. The zero-order valence-electron chi connectivity index (χ0n) is 20.0. The van der Waals surface area contributed by atoms with E-state index in [2.05, 4.69) is 45.4 Å². The zero-order chi connectivity index (χ0) is 25.0. The fourth-order valence-electron chi connectivity index (χ4n) is 3.64. The summed E-state index contributed by atoms with van der Waals surface area (Å²) in [5, 5.41) is -0.532. The molecule has 0 saturated carbocycles. The van der Waals surface area contributed by atoms with Crippen molar-refractivity contribution in [1.82, 2.24) is 9.88 Å². The summed E-state index contributed by atoms with van der Waals surface area (Å²) in [6, 6.07) is 7.85. The number of amides is 2. The summed E-state index contributed by atoms with van der Waals surface area (Å²) in [5.41, 5.74) is 0.669. The quantitative estimate of drug-likeness (QED) is 0.113. The van der Waals surface area contributed by atoms with E-state index in [4.69, 9.17) is 9.16 Å². The fourth-order valence-corrected chi connectivity index (χ4v) is 8.29. The van der Waals surface area contributed by atoms with E-state index in [1.807, 2.05) is 24.3 Å². The Hall–Kier alpha value is -1.66. The number of aromatic nitrogens is 1. The van der Waals surface area contributed by atoms with Crippen molar-refractivity contribution in [2.45, 2.75) is 43.6 Å². The van der Waals surface area contributed by atoms with Crippen LogP contribution in [0.4, 0.5) is 0 Å². The smallest absolute Gasteiger partial charge is 0.397 e. The number of rotatable bonds is 9. The first kappa shape index (κ1) is 26.9. The molecule has 7 nitrogen and oxygen atoms in total. The second kappa shape index (κ2) is 11.4. The predicted molar refractivity (Wildman–Crippen MR) is 141 cm³/mol. The number of carbonyl (C=O) groups is 3. The van der Waals surface area contributed by atoms with E-state index in [-0.39, 0.29) is 23.8 Å². The van der Waals surface area contributed by atoms with Crippen LogP contribution in [0.5, 0.6) is 0 Å². The number of ether oxygens (including phenoxy) is 1. The summed E-state index contributed by atoms with van der Waals surface area (Å²) in [7, 11) is 1.48. The molecule has 1 aliphatic heterocycles. The molecular formula is C23H30N2O5S3Si. The number of thiazole rings is 1. The summed E-state index contributed by atoms with van der Waals surface area (Å²) < 4.78 is 12.8. The number of fused-ring (bicyclic) bond motifs is 1. The first-order valence-electron chi connectivity index (χ1n) is 11.0. The summed E-state index contributed by atoms with van der Waals surface area (Å²) >= 11 is 1.55. The number of para-hydroxylation sites is 1. The largest absolute Gasteiger partial charge is 0.454 e. The van der Waals surface area contributed by atoms with Gasteiger partial charge in [-0.1, -0.05) is 56.4 Å². The molecule has 2 heterocycles. The molecule has 184 valence electrons. The van der Waals surface area contributed by atoms with Crippen LogP contribution >= 0.6 is 32.9 Å². The van der Waals surface area contributed by atoms with E-state index in [1.54, 1.807) is 11.3 Å². The van der Waals surface area contributed by atoms with Gasteiger partial charge in [-0.3, -0.25) is 14.5 Å². The van der Waals surface area contributed by atoms with Crippen molar-refractivity contribution in [3.8, 4) is 0 Å². The van der Waals surface area contributed by atoms with Crippen LogP contribution < -0.4 is 0 Å². The highest BCUT2D eigenvalue weighted by molar-refractivity contribution is 8.77. The third-order valence-corrected chi connectivity index (χ3v) is 10.3. The van der Waals surface area contributed by atoms with Gasteiger partial charge in [0.05, 0.1) is 16.1 Å². The van der Waals surface area contributed by atoms with E-state index in [0.29, 0.717) is 6.61 Å². The van der Waals surface area contributed by atoms with Crippen LogP contribution in [0.3, 0.4) is 0 Å². The van der Waals surface area contributed by atoms with E-state index >= 15 is 0 Å². The molecule has 1 aliphatic rings. The van der Waals surface area contributed by atoms with Gasteiger partial charge in [0.2, 0.25) is 5.91 Å². The van der Waals surface area contributed by atoms with E-state index in [0.717, 1.165) is 19.5 Å². The van der Waals surface area contributed by atoms with Gasteiger partial charge in [0, 0.05) is 12.5 Å².